The highest BCUT2D eigenvalue weighted by atomic mass is 32.2. The highest BCUT2D eigenvalue weighted by Crippen LogP contribution is 2.41. The summed E-state index contributed by atoms with van der Waals surface area (Å²) in [6.45, 7) is 6.09. The van der Waals surface area contributed by atoms with Gasteiger partial charge in [0.1, 0.15) is 11.6 Å². The summed E-state index contributed by atoms with van der Waals surface area (Å²) >= 11 is 1.44. The van der Waals surface area contributed by atoms with Gasteiger partial charge in [0.05, 0.1) is 10.9 Å². The Bertz CT molecular complexity index is 904. The fourth-order valence-corrected chi connectivity index (χ4v) is 4.12. The molecule has 4 rings (SSSR count). The lowest BCUT2D eigenvalue weighted by Crippen LogP contribution is -2.25. The molecule has 1 amide bonds. The van der Waals surface area contributed by atoms with E-state index >= 15 is 0 Å². The molecule has 0 bridgehead atoms. The molecule has 1 aliphatic carbocycles. The van der Waals surface area contributed by atoms with E-state index in [4.69, 9.17) is 4.74 Å². The fourth-order valence-electron chi connectivity index (χ4n) is 3.12. The van der Waals surface area contributed by atoms with Crippen molar-refractivity contribution in [3.05, 3.63) is 29.6 Å². The number of carbonyl (C=O) groups is 2. The van der Waals surface area contributed by atoms with Crippen LogP contribution in [0, 0.1) is 0 Å². The summed E-state index contributed by atoms with van der Waals surface area (Å²) < 4.78 is 7.55. The lowest BCUT2D eigenvalue weighted by Gasteiger charge is -2.19. The van der Waals surface area contributed by atoms with Crippen molar-refractivity contribution in [2.24, 2.45) is 0 Å². The van der Waals surface area contributed by atoms with Gasteiger partial charge in [-0.05, 0) is 38.0 Å². The number of anilines is 1. The number of hydrogen-bond donors (Lipinski definition) is 1. The minimum Gasteiger partial charge on any atom is -0.482 e. The number of benzene rings is 1. The van der Waals surface area contributed by atoms with Gasteiger partial charge in [-0.25, -0.2) is 0 Å². The second-order valence-electron chi connectivity index (χ2n) is 7.27. The van der Waals surface area contributed by atoms with Crippen LogP contribution < -0.4 is 10.1 Å². The molecule has 0 spiro atoms. The Morgan fingerprint density at radius 3 is 2.78 bits per heavy atom. The standard InChI is InChI=1S/C19H22N4O3S/c1-10(2)18-21-22-19(23(18)13-5-6-13)27-11(3)17(25)12-4-7-15-14(8-12)20-16(24)9-26-15/h4,7-8,10-11,13H,5-6,9H2,1-3H3,(H,20,24)/t11-/m0/s1. The Morgan fingerprint density at radius 2 is 2.07 bits per heavy atom. The molecule has 8 heteroatoms. The number of Topliss-reactive ketones (excluding diaryl/α,β-unsaturated/α-hetero) is 1. The van der Waals surface area contributed by atoms with Crippen molar-refractivity contribution in [1.29, 1.82) is 0 Å². The van der Waals surface area contributed by atoms with Crippen LogP contribution in [0.5, 0.6) is 5.75 Å². The third-order valence-electron chi connectivity index (χ3n) is 4.67. The topological polar surface area (TPSA) is 86.1 Å². The fraction of sp³-hybridized carbons (Fsp3) is 0.474. The first-order valence-corrected chi connectivity index (χ1v) is 10.0. The van der Waals surface area contributed by atoms with Gasteiger partial charge in [-0.1, -0.05) is 25.6 Å². The number of carbonyl (C=O) groups excluding carboxylic acids is 2. The molecule has 1 aliphatic heterocycles. The first kappa shape index (κ1) is 18.0. The van der Waals surface area contributed by atoms with Crippen molar-refractivity contribution in [3.8, 4) is 5.75 Å². The van der Waals surface area contributed by atoms with Gasteiger partial charge in [-0.15, -0.1) is 10.2 Å². The van der Waals surface area contributed by atoms with Crippen molar-refractivity contribution in [2.75, 3.05) is 11.9 Å². The van der Waals surface area contributed by atoms with Crippen LogP contribution in [0.3, 0.4) is 0 Å². The molecule has 1 aromatic heterocycles. The van der Waals surface area contributed by atoms with Crippen molar-refractivity contribution < 1.29 is 14.3 Å². The number of thioether (sulfide) groups is 1. The average Bonchev–Trinajstić information content (AvgIpc) is 3.40. The summed E-state index contributed by atoms with van der Waals surface area (Å²) in [6, 6.07) is 5.60. The van der Waals surface area contributed by atoms with E-state index in [1.165, 1.54) is 11.8 Å². The minimum atomic E-state index is -0.315. The molecule has 1 fully saturated rings. The number of aromatic nitrogens is 3. The third-order valence-corrected chi connectivity index (χ3v) is 5.72. The van der Waals surface area contributed by atoms with Gasteiger partial charge in [0.15, 0.2) is 17.5 Å². The number of nitrogens with one attached hydrogen (secondary N) is 1. The van der Waals surface area contributed by atoms with Gasteiger partial charge in [-0.3, -0.25) is 9.59 Å². The molecule has 0 unspecified atom stereocenters. The molecular weight excluding hydrogens is 364 g/mol. The summed E-state index contributed by atoms with van der Waals surface area (Å²) in [5.74, 6) is 1.63. The average molecular weight is 386 g/mol. The van der Waals surface area contributed by atoms with E-state index in [1.54, 1.807) is 18.2 Å². The Morgan fingerprint density at radius 1 is 1.30 bits per heavy atom. The van der Waals surface area contributed by atoms with Gasteiger partial charge >= 0.3 is 0 Å². The number of ether oxygens (including phenoxy) is 1. The van der Waals surface area contributed by atoms with Crippen molar-refractivity contribution >= 4 is 29.1 Å². The maximum absolute atomic E-state index is 12.9. The van der Waals surface area contributed by atoms with Gasteiger partial charge in [0.2, 0.25) is 0 Å². The SMILES string of the molecule is CC(C)c1nnc(S[C@@H](C)C(=O)c2ccc3c(c2)NC(=O)CO3)n1C1CC1. The summed E-state index contributed by atoms with van der Waals surface area (Å²) in [5, 5.41) is 11.9. The molecule has 1 N–H and O–H groups in total. The molecule has 2 heterocycles. The monoisotopic (exact) mass is 386 g/mol. The Labute approximate surface area is 161 Å². The summed E-state index contributed by atoms with van der Waals surface area (Å²) in [7, 11) is 0. The van der Waals surface area contributed by atoms with Gasteiger partial charge in [0.25, 0.3) is 5.91 Å². The smallest absolute Gasteiger partial charge is 0.262 e. The number of amides is 1. The summed E-state index contributed by atoms with van der Waals surface area (Å²) in [6.07, 6.45) is 2.27. The zero-order chi connectivity index (χ0) is 19.1. The molecule has 0 radical (unpaired) electrons. The molecule has 2 aliphatic rings. The first-order chi connectivity index (χ1) is 12.9. The summed E-state index contributed by atoms with van der Waals surface area (Å²) in [4.78, 5) is 24.4. The highest BCUT2D eigenvalue weighted by molar-refractivity contribution is 8.00. The van der Waals surface area contributed by atoms with E-state index in [-0.39, 0.29) is 23.5 Å². The van der Waals surface area contributed by atoms with Crippen molar-refractivity contribution in [3.63, 3.8) is 0 Å². The van der Waals surface area contributed by atoms with E-state index in [1.807, 2.05) is 6.92 Å². The number of ketones is 1. The van der Waals surface area contributed by atoms with E-state index < -0.39 is 0 Å². The third kappa shape index (κ3) is 3.58. The van der Waals surface area contributed by atoms with E-state index in [2.05, 4.69) is 33.9 Å². The maximum atomic E-state index is 12.9. The largest absolute Gasteiger partial charge is 0.482 e. The Kier molecular flexibility index (Phi) is 4.67. The van der Waals surface area contributed by atoms with Gasteiger partial charge < -0.3 is 14.6 Å². The number of rotatable bonds is 6. The maximum Gasteiger partial charge on any atom is 0.262 e. The Hall–Kier alpha value is -2.35. The van der Waals surface area contributed by atoms with Crippen molar-refractivity contribution in [2.45, 2.75) is 56.0 Å². The van der Waals surface area contributed by atoms with Crippen molar-refractivity contribution in [1.82, 2.24) is 14.8 Å². The zero-order valence-corrected chi connectivity index (χ0v) is 16.4. The van der Waals surface area contributed by atoms with Crippen LogP contribution in [0.25, 0.3) is 0 Å². The van der Waals surface area contributed by atoms with Crippen LogP contribution in [-0.2, 0) is 4.79 Å². The van der Waals surface area contributed by atoms with Crippen LogP contribution in [-0.4, -0.2) is 38.3 Å². The van der Waals surface area contributed by atoms with Gasteiger partial charge in [-0.2, -0.15) is 0 Å². The van der Waals surface area contributed by atoms with E-state index in [0.29, 0.717) is 29.0 Å². The predicted molar refractivity (Wildman–Crippen MR) is 103 cm³/mol. The molecule has 2 aromatic rings. The lowest BCUT2D eigenvalue weighted by molar-refractivity contribution is -0.118. The van der Waals surface area contributed by atoms with Crippen LogP contribution in [0.2, 0.25) is 0 Å². The predicted octanol–water partition coefficient (Wildman–Crippen LogP) is 3.43. The molecule has 1 aromatic carbocycles. The van der Waals surface area contributed by atoms with E-state index in [9.17, 15) is 9.59 Å². The molecule has 7 nitrogen and oxygen atoms in total. The minimum absolute atomic E-state index is 0.00155. The second-order valence-corrected chi connectivity index (χ2v) is 8.58. The number of nitrogens with zero attached hydrogens (tertiary/aromatic N) is 3. The summed E-state index contributed by atoms with van der Waals surface area (Å²) in [5.41, 5.74) is 1.08. The molecule has 1 atom stereocenters. The van der Waals surface area contributed by atoms with Crippen LogP contribution in [0.4, 0.5) is 5.69 Å². The molecular formula is C19H22N4O3S. The molecule has 27 heavy (non-hydrogen) atoms. The molecule has 142 valence electrons. The zero-order valence-electron chi connectivity index (χ0n) is 15.6. The number of hydrogen-bond acceptors (Lipinski definition) is 6. The highest BCUT2D eigenvalue weighted by Gasteiger charge is 2.32. The normalized spacial score (nSPS) is 17.3. The van der Waals surface area contributed by atoms with Crippen LogP contribution in [0.15, 0.2) is 23.4 Å². The van der Waals surface area contributed by atoms with Crippen LogP contribution >= 0.6 is 11.8 Å². The molecule has 0 saturated heterocycles. The second kappa shape index (κ2) is 6.99. The van der Waals surface area contributed by atoms with E-state index in [0.717, 1.165) is 23.8 Å². The van der Waals surface area contributed by atoms with Crippen LogP contribution in [0.1, 0.15) is 61.8 Å². The lowest BCUT2D eigenvalue weighted by atomic mass is 10.1. The molecule has 1 saturated carbocycles. The first-order valence-electron chi connectivity index (χ1n) is 9.16. The quantitative estimate of drug-likeness (QED) is 0.605. The Balaban J connectivity index is 1.54. The van der Waals surface area contributed by atoms with Gasteiger partial charge in [0, 0.05) is 17.5 Å². The number of fused-ring (bicyclic) bond motifs is 1.